The molecule has 0 bridgehead atoms. The number of carbonyl (C=O) groups excluding carboxylic acids is 1. The third-order valence-electron chi connectivity index (χ3n) is 6.47. The quantitative estimate of drug-likeness (QED) is 0.390. The number of carbonyl (C=O) groups is 1. The average Bonchev–Trinajstić information content (AvgIpc) is 3.41. The van der Waals surface area contributed by atoms with Crippen molar-refractivity contribution in [3.8, 4) is 0 Å². The minimum absolute atomic E-state index is 0.109. The van der Waals surface area contributed by atoms with Crippen molar-refractivity contribution in [2.75, 3.05) is 20.2 Å². The second-order valence-electron chi connectivity index (χ2n) is 10.7. The molecule has 7 heteroatoms. The molecule has 0 spiro atoms. The van der Waals surface area contributed by atoms with Crippen molar-refractivity contribution in [3.63, 3.8) is 0 Å². The number of rotatable bonds is 6. The van der Waals surface area contributed by atoms with Gasteiger partial charge in [0.05, 0.1) is 30.0 Å². The van der Waals surface area contributed by atoms with Crippen molar-refractivity contribution in [3.05, 3.63) is 83.5 Å². The fourth-order valence-corrected chi connectivity index (χ4v) is 4.40. The van der Waals surface area contributed by atoms with E-state index in [2.05, 4.69) is 97.4 Å². The molecule has 3 aliphatic rings. The minimum Gasteiger partial charge on any atom is -0.400 e. The predicted octanol–water partition coefficient (Wildman–Crippen LogP) is 5.12. The number of hydrogen-bond donors (Lipinski definition) is 4. The molecule has 0 fully saturated rings. The van der Waals surface area contributed by atoms with Crippen LogP contribution in [-0.2, 0) is 6.54 Å². The van der Waals surface area contributed by atoms with E-state index < -0.39 is 0 Å². The summed E-state index contributed by atoms with van der Waals surface area (Å²) in [6.45, 7) is 14.9. The van der Waals surface area contributed by atoms with Gasteiger partial charge in [0.1, 0.15) is 0 Å². The molecular formula is C31H47N5O2. The number of nitrogens with one attached hydrogen (secondary N) is 3. The van der Waals surface area contributed by atoms with E-state index in [9.17, 15) is 4.79 Å². The number of aliphatic hydroxyl groups excluding tert-OH is 1. The summed E-state index contributed by atoms with van der Waals surface area (Å²) in [5, 5.41) is 21.5. The van der Waals surface area contributed by atoms with Crippen LogP contribution in [0.15, 0.2) is 72.3 Å². The lowest BCUT2D eigenvalue weighted by Crippen LogP contribution is -2.33. The van der Waals surface area contributed by atoms with Crippen molar-refractivity contribution in [2.45, 2.75) is 67.0 Å². The summed E-state index contributed by atoms with van der Waals surface area (Å²) in [6, 6.07) is 0.228. The van der Waals surface area contributed by atoms with Crippen LogP contribution < -0.4 is 16.0 Å². The third-order valence-corrected chi connectivity index (χ3v) is 6.47. The van der Waals surface area contributed by atoms with Gasteiger partial charge < -0.3 is 21.1 Å². The molecule has 2 atom stereocenters. The molecule has 2 aliphatic heterocycles. The second-order valence-corrected chi connectivity index (χ2v) is 10.7. The summed E-state index contributed by atoms with van der Waals surface area (Å²) in [5.74, 6) is -0.109. The molecule has 0 aromatic carbocycles. The van der Waals surface area contributed by atoms with Crippen LogP contribution in [-0.4, -0.2) is 47.0 Å². The van der Waals surface area contributed by atoms with Crippen LogP contribution in [0.4, 0.5) is 0 Å². The van der Waals surface area contributed by atoms with Crippen LogP contribution in [0.25, 0.3) is 6.08 Å². The molecule has 0 radical (unpaired) electrons. The van der Waals surface area contributed by atoms with Crippen LogP contribution in [0.1, 0.15) is 70.4 Å². The Morgan fingerprint density at radius 1 is 1.21 bits per heavy atom. The highest BCUT2D eigenvalue weighted by atomic mass is 16.2. The Labute approximate surface area is 229 Å². The van der Waals surface area contributed by atoms with Gasteiger partial charge in [-0.25, -0.2) is 0 Å². The normalized spacial score (nSPS) is 22.2. The topological polar surface area (TPSA) is 91.2 Å². The largest absolute Gasteiger partial charge is 0.400 e. The maximum atomic E-state index is 13.2. The van der Waals surface area contributed by atoms with Gasteiger partial charge in [0.25, 0.3) is 5.91 Å². The average molecular weight is 522 g/mol. The van der Waals surface area contributed by atoms with E-state index in [1.807, 2.05) is 30.8 Å². The maximum Gasteiger partial charge on any atom is 0.255 e. The molecule has 0 saturated heterocycles. The van der Waals surface area contributed by atoms with Gasteiger partial charge in [-0.05, 0) is 42.2 Å². The Hall–Kier alpha value is -3.32. The van der Waals surface area contributed by atoms with E-state index in [1.54, 1.807) is 6.20 Å². The van der Waals surface area contributed by atoms with Gasteiger partial charge >= 0.3 is 0 Å². The smallest absolute Gasteiger partial charge is 0.255 e. The molecule has 1 aromatic heterocycles. The van der Waals surface area contributed by atoms with Crippen LogP contribution in [0.2, 0.25) is 0 Å². The van der Waals surface area contributed by atoms with Crippen LogP contribution in [0.5, 0.6) is 0 Å². The number of aromatic nitrogens is 2. The molecule has 4 rings (SSSR count). The second kappa shape index (κ2) is 14.6. The van der Waals surface area contributed by atoms with Gasteiger partial charge in [0, 0.05) is 31.3 Å². The summed E-state index contributed by atoms with van der Waals surface area (Å²) in [4.78, 5) is 13.2. The minimum atomic E-state index is -0.123. The van der Waals surface area contributed by atoms with Gasteiger partial charge in [-0.1, -0.05) is 84.1 Å². The first-order valence-electron chi connectivity index (χ1n) is 13.6. The fourth-order valence-electron chi connectivity index (χ4n) is 4.40. The van der Waals surface area contributed by atoms with Crippen LogP contribution in [0, 0.1) is 10.8 Å². The summed E-state index contributed by atoms with van der Waals surface area (Å²) in [7, 11) is 1.00. The Kier molecular flexibility index (Phi) is 11.9. The number of aliphatic hydroxyl groups is 1. The molecule has 1 aliphatic carbocycles. The molecule has 1 amide bonds. The lowest BCUT2D eigenvalue weighted by molar-refractivity contribution is 0.0957. The van der Waals surface area contributed by atoms with E-state index in [1.165, 1.54) is 0 Å². The molecule has 7 nitrogen and oxygen atoms in total. The van der Waals surface area contributed by atoms with Crippen molar-refractivity contribution in [1.29, 1.82) is 0 Å². The Morgan fingerprint density at radius 3 is 2.71 bits per heavy atom. The highest BCUT2D eigenvalue weighted by molar-refractivity contribution is 5.97. The Morgan fingerprint density at radius 2 is 1.97 bits per heavy atom. The molecular weight excluding hydrogens is 474 g/mol. The first kappa shape index (κ1) is 30.9. The van der Waals surface area contributed by atoms with Gasteiger partial charge in [-0.2, -0.15) is 5.10 Å². The predicted molar refractivity (Wildman–Crippen MR) is 158 cm³/mol. The number of amides is 1. The van der Waals surface area contributed by atoms with Gasteiger partial charge in [0.2, 0.25) is 0 Å². The fraction of sp³-hybridized carbons (Fsp3) is 0.484. The zero-order valence-corrected chi connectivity index (χ0v) is 24.2. The standard InChI is InChI=1S/C28H37N5O.C2H6.CH4O/c1-27(2,3)12-14-29-22-10-8-16-33-24(17-22)23(20-32-33)26(34)31-19-21-9-6-5-7-11-25-28(4,18-21)13-15-30-25;2*1-2/h6-11,13,15,17-18,20,25,29-30H,5,12,14,16,19H2,1-4H3,(H,31,34);1-2H3;2H,1H3/b9-6-,11-7?,21-18?;;. The maximum absolute atomic E-state index is 13.2. The van der Waals surface area contributed by atoms with E-state index in [-0.39, 0.29) is 22.8 Å². The summed E-state index contributed by atoms with van der Waals surface area (Å²) >= 11 is 0. The van der Waals surface area contributed by atoms with Crippen molar-refractivity contribution in [2.24, 2.45) is 10.8 Å². The summed E-state index contributed by atoms with van der Waals surface area (Å²) < 4.78 is 1.87. The Bertz CT molecular complexity index is 1100. The highest BCUT2D eigenvalue weighted by Crippen LogP contribution is 2.32. The van der Waals surface area contributed by atoms with Crippen molar-refractivity contribution in [1.82, 2.24) is 25.7 Å². The molecule has 38 heavy (non-hydrogen) atoms. The lowest BCUT2D eigenvalue weighted by atomic mass is 9.82. The zero-order valence-electron chi connectivity index (χ0n) is 24.2. The van der Waals surface area contributed by atoms with Gasteiger partial charge in [-0.3, -0.25) is 9.48 Å². The lowest BCUT2D eigenvalue weighted by Gasteiger charge is -2.26. The van der Waals surface area contributed by atoms with E-state index >= 15 is 0 Å². The van der Waals surface area contributed by atoms with Gasteiger partial charge in [0.15, 0.2) is 0 Å². The van der Waals surface area contributed by atoms with Crippen molar-refractivity contribution < 1.29 is 9.90 Å². The van der Waals surface area contributed by atoms with Crippen LogP contribution >= 0.6 is 0 Å². The SMILES string of the molecule is CC.CC(C)(C)CCNC1=Cc2c(C(=O)NCC3=CC4(C)C=CNC4C=CC/C=C\3)cnn2CC=C1.CO. The molecule has 1 aromatic rings. The third kappa shape index (κ3) is 8.62. The van der Waals surface area contributed by atoms with E-state index in [4.69, 9.17) is 5.11 Å². The molecule has 0 saturated carbocycles. The first-order valence-corrected chi connectivity index (χ1v) is 13.6. The first-order chi connectivity index (χ1) is 18.2. The summed E-state index contributed by atoms with van der Waals surface area (Å²) in [5.41, 5.74) is 3.68. The zero-order chi connectivity index (χ0) is 28.2. The molecule has 208 valence electrons. The van der Waals surface area contributed by atoms with Crippen LogP contribution in [0.3, 0.4) is 0 Å². The monoisotopic (exact) mass is 521 g/mol. The molecule has 4 N–H and O–H groups in total. The summed E-state index contributed by atoms with van der Waals surface area (Å²) in [6.07, 6.45) is 24.9. The number of allylic oxidation sites excluding steroid dienone is 4. The number of hydrogen-bond acceptors (Lipinski definition) is 5. The molecule has 3 heterocycles. The van der Waals surface area contributed by atoms with E-state index in [0.717, 1.165) is 43.5 Å². The molecule has 2 unspecified atom stereocenters. The number of fused-ring (bicyclic) bond motifs is 2. The van der Waals surface area contributed by atoms with Crippen molar-refractivity contribution >= 4 is 12.0 Å². The van der Waals surface area contributed by atoms with E-state index in [0.29, 0.717) is 18.7 Å². The van der Waals surface area contributed by atoms with Gasteiger partial charge in [-0.15, -0.1) is 0 Å². The Balaban J connectivity index is 0.00000121. The highest BCUT2D eigenvalue weighted by Gasteiger charge is 2.31. The number of nitrogens with zero attached hydrogens (tertiary/aromatic N) is 2.